The third-order valence-corrected chi connectivity index (χ3v) is 4.75. The second kappa shape index (κ2) is 8.36. The number of urea groups is 1. The number of sulfonamides is 1. The van der Waals surface area contributed by atoms with Gasteiger partial charge in [-0.3, -0.25) is 0 Å². The van der Waals surface area contributed by atoms with E-state index in [4.69, 9.17) is 11.6 Å². The van der Waals surface area contributed by atoms with E-state index in [0.717, 1.165) is 11.8 Å². The first-order chi connectivity index (χ1) is 10.2. The minimum Gasteiger partial charge on any atom is -0.338 e. The lowest BCUT2D eigenvalue weighted by Crippen LogP contribution is -2.38. The van der Waals surface area contributed by atoms with Crippen LogP contribution in [0.15, 0.2) is 24.3 Å². The van der Waals surface area contributed by atoms with Crippen molar-refractivity contribution >= 4 is 27.7 Å². The van der Waals surface area contributed by atoms with Crippen LogP contribution in [-0.4, -0.2) is 45.1 Å². The van der Waals surface area contributed by atoms with Crippen LogP contribution >= 0.6 is 11.6 Å². The van der Waals surface area contributed by atoms with Gasteiger partial charge in [-0.2, -0.15) is 0 Å². The Morgan fingerprint density at radius 1 is 1.41 bits per heavy atom. The normalized spacial score (nSPS) is 13.0. The number of halogens is 1. The molecule has 22 heavy (non-hydrogen) atoms. The summed E-state index contributed by atoms with van der Waals surface area (Å²) in [5, 5.41) is 6.12. The molecular weight excluding hydrogens is 326 g/mol. The molecule has 1 rings (SSSR count). The Labute approximate surface area is 136 Å². The summed E-state index contributed by atoms with van der Waals surface area (Å²) in [5.74, 6) is 0. The maximum atomic E-state index is 11.8. The van der Waals surface area contributed by atoms with Crippen LogP contribution in [0, 0.1) is 0 Å². The highest BCUT2D eigenvalue weighted by Crippen LogP contribution is 2.16. The molecule has 2 amide bonds. The summed E-state index contributed by atoms with van der Waals surface area (Å²) in [6, 6.07) is 6.82. The van der Waals surface area contributed by atoms with Crippen molar-refractivity contribution < 1.29 is 13.2 Å². The van der Waals surface area contributed by atoms with Crippen molar-refractivity contribution in [3.05, 3.63) is 34.9 Å². The van der Waals surface area contributed by atoms with Gasteiger partial charge in [0.15, 0.2) is 0 Å². The predicted octanol–water partition coefficient (Wildman–Crippen LogP) is 1.98. The molecule has 124 valence electrons. The highest BCUT2D eigenvalue weighted by atomic mass is 35.5. The van der Waals surface area contributed by atoms with Gasteiger partial charge in [-0.05, 0) is 31.0 Å². The summed E-state index contributed by atoms with van der Waals surface area (Å²) in [6.45, 7) is 2.62. The minimum atomic E-state index is -3.17. The first-order valence-electron chi connectivity index (χ1n) is 6.91. The number of rotatable bonds is 7. The molecule has 0 saturated heterocycles. The number of amides is 2. The predicted molar refractivity (Wildman–Crippen MR) is 88.5 cm³/mol. The third-order valence-electron chi connectivity index (χ3n) is 3.20. The molecular formula is C14H22ClN3O3S. The smallest absolute Gasteiger partial charge is 0.315 e. The van der Waals surface area contributed by atoms with Gasteiger partial charge in [-0.15, -0.1) is 0 Å². The summed E-state index contributed by atoms with van der Waals surface area (Å²) in [4.78, 5) is 11.8. The zero-order valence-corrected chi connectivity index (χ0v) is 14.5. The average Bonchev–Trinajstić information content (AvgIpc) is 2.42. The topological polar surface area (TPSA) is 78.5 Å². The Bertz CT molecular complexity index is 607. The van der Waals surface area contributed by atoms with Crippen molar-refractivity contribution in [1.29, 1.82) is 0 Å². The molecule has 0 fully saturated rings. The molecule has 0 heterocycles. The van der Waals surface area contributed by atoms with Crippen molar-refractivity contribution in [3.63, 3.8) is 0 Å². The molecule has 0 aliphatic rings. The van der Waals surface area contributed by atoms with Crippen LogP contribution in [0.4, 0.5) is 4.79 Å². The number of nitrogens with zero attached hydrogens (tertiary/aromatic N) is 1. The van der Waals surface area contributed by atoms with Gasteiger partial charge in [0.25, 0.3) is 0 Å². The van der Waals surface area contributed by atoms with Gasteiger partial charge in [0.05, 0.1) is 12.3 Å². The van der Waals surface area contributed by atoms with Gasteiger partial charge >= 0.3 is 6.03 Å². The maximum absolute atomic E-state index is 11.8. The number of carbonyl (C=O) groups excluding carboxylic acids is 1. The average molecular weight is 348 g/mol. The molecule has 1 atom stereocenters. The monoisotopic (exact) mass is 347 g/mol. The first kappa shape index (κ1) is 18.7. The zero-order chi connectivity index (χ0) is 16.8. The lowest BCUT2D eigenvalue weighted by Gasteiger charge is -2.16. The number of benzene rings is 1. The molecule has 1 aromatic carbocycles. The fourth-order valence-electron chi connectivity index (χ4n) is 1.78. The van der Waals surface area contributed by atoms with Crippen LogP contribution in [0.2, 0.25) is 5.02 Å². The summed E-state index contributed by atoms with van der Waals surface area (Å²) in [5.41, 5.74) is 0.916. The van der Waals surface area contributed by atoms with Gasteiger partial charge < -0.3 is 10.6 Å². The molecule has 0 saturated carbocycles. The Kier molecular flexibility index (Phi) is 7.12. The molecule has 0 spiro atoms. The van der Waals surface area contributed by atoms with Crippen molar-refractivity contribution in [3.8, 4) is 0 Å². The Morgan fingerprint density at radius 2 is 2.09 bits per heavy atom. The van der Waals surface area contributed by atoms with Crippen molar-refractivity contribution in [2.24, 2.45) is 0 Å². The first-order valence-corrected chi connectivity index (χ1v) is 9.14. The van der Waals surface area contributed by atoms with E-state index in [0.29, 0.717) is 24.5 Å². The molecule has 1 aromatic rings. The van der Waals surface area contributed by atoms with E-state index >= 15 is 0 Å². The molecule has 0 aliphatic heterocycles. The molecule has 6 nitrogen and oxygen atoms in total. The Hall–Kier alpha value is -1.31. The van der Waals surface area contributed by atoms with Crippen LogP contribution in [-0.2, 0) is 10.0 Å². The molecule has 0 aromatic heterocycles. The lowest BCUT2D eigenvalue weighted by atomic mass is 10.1. The van der Waals surface area contributed by atoms with E-state index in [1.165, 1.54) is 11.4 Å². The SMILES string of the molecule is C[C@@H](NC(=O)NCCCN(C)S(C)(=O)=O)c1cccc(Cl)c1. The minimum absolute atomic E-state index is 0.169. The summed E-state index contributed by atoms with van der Waals surface area (Å²) in [7, 11) is -1.66. The van der Waals surface area contributed by atoms with E-state index in [1.807, 2.05) is 19.1 Å². The van der Waals surface area contributed by atoms with Crippen molar-refractivity contribution in [2.45, 2.75) is 19.4 Å². The standard InChI is InChI=1S/C14H22ClN3O3S/c1-11(12-6-4-7-13(15)10-12)17-14(19)16-8-5-9-18(2)22(3,20)21/h4,6-7,10-11H,5,8-9H2,1-3H3,(H2,16,17,19)/t11-/m1/s1. The van der Waals surface area contributed by atoms with E-state index in [1.54, 1.807) is 12.1 Å². The van der Waals surface area contributed by atoms with E-state index in [2.05, 4.69) is 10.6 Å². The van der Waals surface area contributed by atoms with Gasteiger partial charge in [-0.25, -0.2) is 17.5 Å². The van der Waals surface area contributed by atoms with Gasteiger partial charge in [0.2, 0.25) is 10.0 Å². The Morgan fingerprint density at radius 3 is 2.68 bits per heavy atom. The van der Waals surface area contributed by atoms with Crippen LogP contribution in [0.1, 0.15) is 24.9 Å². The van der Waals surface area contributed by atoms with Crippen LogP contribution < -0.4 is 10.6 Å². The van der Waals surface area contributed by atoms with Gasteiger partial charge in [0, 0.05) is 25.2 Å². The third kappa shape index (κ3) is 6.64. The van der Waals surface area contributed by atoms with Gasteiger partial charge in [-0.1, -0.05) is 23.7 Å². The van der Waals surface area contributed by atoms with E-state index in [-0.39, 0.29) is 12.1 Å². The van der Waals surface area contributed by atoms with E-state index < -0.39 is 10.0 Å². The second-order valence-corrected chi connectivity index (χ2v) is 7.64. The molecule has 0 unspecified atom stereocenters. The quantitative estimate of drug-likeness (QED) is 0.740. The largest absolute Gasteiger partial charge is 0.338 e. The lowest BCUT2D eigenvalue weighted by molar-refractivity contribution is 0.237. The van der Waals surface area contributed by atoms with Crippen LogP contribution in [0.25, 0.3) is 0 Å². The molecule has 0 bridgehead atoms. The molecule has 2 N–H and O–H groups in total. The second-order valence-electron chi connectivity index (χ2n) is 5.12. The van der Waals surface area contributed by atoms with Crippen molar-refractivity contribution in [1.82, 2.24) is 14.9 Å². The fourth-order valence-corrected chi connectivity index (χ4v) is 2.44. The number of hydrogen-bond donors (Lipinski definition) is 2. The number of carbonyl (C=O) groups is 1. The Balaban J connectivity index is 2.32. The fraction of sp³-hybridized carbons (Fsp3) is 0.500. The van der Waals surface area contributed by atoms with Crippen molar-refractivity contribution in [2.75, 3.05) is 26.4 Å². The molecule has 8 heteroatoms. The summed E-state index contributed by atoms with van der Waals surface area (Å²) >= 11 is 5.91. The molecule has 0 radical (unpaired) electrons. The highest BCUT2D eigenvalue weighted by molar-refractivity contribution is 7.88. The summed E-state index contributed by atoms with van der Waals surface area (Å²) < 4.78 is 23.7. The number of nitrogens with one attached hydrogen (secondary N) is 2. The maximum Gasteiger partial charge on any atom is 0.315 e. The van der Waals surface area contributed by atoms with Crippen LogP contribution in [0.3, 0.4) is 0 Å². The number of hydrogen-bond acceptors (Lipinski definition) is 3. The zero-order valence-electron chi connectivity index (χ0n) is 13.0. The van der Waals surface area contributed by atoms with Crippen LogP contribution in [0.5, 0.6) is 0 Å². The summed E-state index contributed by atoms with van der Waals surface area (Å²) in [6.07, 6.45) is 1.70. The molecule has 0 aliphatic carbocycles. The van der Waals surface area contributed by atoms with E-state index in [9.17, 15) is 13.2 Å². The van der Waals surface area contributed by atoms with Gasteiger partial charge in [0.1, 0.15) is 0 Å². The highest BCUT2D eigenvalue weighted by Gasteiger charge is 2.11.